The van der Waals surface area contributed by atoms with Gasteiger partial charge in [-0.3, -0.25) is 4.90 Å². The van der Waals surface area contributed by atoms with Gasteiger partial charge in [0.15, 0.2) is 0 Å². The number of alkyl halides is 3. The molecule has 0 bridgehead atoms. The zero-order valence-electron chi connectivity index (χ0n) is 10.1. The van der Waals surface area contributed by atoms with Crippen LogP contribution in [0.1, 0.15) is 39.0 Å². The Bertz CT molecular complexity index is 265. The van der Waals surface area contributed by atoms with Crippen molar-refractivity contribution >= 4 is 0 Å². The van der Waals surface area contributed by atoms with Gasteiger partial charge in [-0.05, 0) is 38.6 Å². The Labute approximate surface area is 99.8 Å². The van der Waals surface area contributed by atoms with Gasteiger partial charge in [-0.2, -0.15) is 13.2 Å². The number of hydrogen-bond acceptors (Lipinski definition) is 2. The van der Waals surface area contributed by atoms with Crippen LogP contribution in [-0.2, 0) is 0 Å². The monoisotopic (exact) mass is 251 g/mol. The first-order chi connectivity index (χ1) is 7.93. The molecule has 0 aromatic carbocycles. The highest BCUT2D eigenvalue weighted by molar-refractivity contribution is 4.96. The first kappa shape index (κ1) is 13.1. The summed E-state index contributed by atoms with van der Waals surface area (Å²) < 4.78 is 39.0. The molecule has 2 aliphatic carbocycles. The fraction of sp³-hybridized carbons (Fsp3) is 1.00. The van der Waals surface area contributed by atoms with E-state index in [2.05, 4.69) is 0 Å². The molecule has 3 atom stereocenters. The lowest BCUT2D eigenvalue weighted by Crippen LogP contribution is -2.51. The van der Waals surface area contributed by atoms with Gasteiger partial charge >= 0.3 is 6.18 Å². The molecule has 17 heavy (non-hydrogen) atoms. The quantitative estimate of drug-likeness (QED) is 0.833. The summed E-state index contributed by atoms with van der Waals surface area (Å²) in [6, 6.07) is -0.198. The molecular weight excluding hydrogens is 231 g/mol. The molecule has 0 aromatic heterocycles. The highest BCUT2D eigenvalue weighted by atomic mass is 19.4. The van der Waals surface area contributed by atoms with Crippen molar-refractivity contribution in [3.63, 3.8) is 0 Å². The Morgan fingerprint density at radius 1 is 1.18 bits per heavy atom. The maximum Gasteiger partial charge on any atom is 0.393 e. The van der Waals surface area contributed by atoms with Crippen molar-refractivity contribution in [3.8, 4) is 0 Å². The maximum atomic E-state index is 13.0. The Kier molecular flexibility index (Phi) is 3.69. The third-order valence-corrected chi connectivity index (χ3v) is 4.02. The largest absolute Gasteiger partial charge is 0.393 e. The van der Waals surface area contributed by atoms with Crippen LogP contribution >= 0.6 is 0 Å². The SMILES string of the molecule is CCN(C1CC1)C1CC(O)CCC1C(F)(F)F. The van der Waals surface area contributed by atoms with Gasteiger partial charge in [0, 0.05) is 12.1 Å². The van der Waals surface area contributed by atoms with Crippen LogP contribution in [0.25, 0.3) is 0 Å². The number of halogens is 3. The Morgan fingerprint density at radius 2 is 1.82 bits per heavy atom. The Morgan fingerprint density at radius 3 is 2.29 bits per heavy atom. The van der Waals surface area contributed by atoms with E-state index in [1.54, 1.807) is 0 Å². The normalized spacial score (nSPS) is 35.3. The minimum absolute atomic E-state index is 0.0680. The van der Waals surface area contributed by atoms with Crippen LogP contribution in [-0.4, -0.2) is 40.9 Å². The van der Waals surface area contributed by atoms with Gasteiger partial charge in [0.05, 0.1) is 12.0 Å². The summed E-state index contributed by atoms with van der Waals surface area (Å²) in [5.74, 6) is -1.26. The molecule has 0 saturated heterocycles. The zero-order valence-corrected chi connectivity index (χ0v) is 10.1. The topological polar surface area (TPSA) is 23.5 Å². The van der Waals surface area contributed by atoms with Gasteiger partial charge in [-0.15, -0.1) is 0 Å². The molecule has 2 saturated carbocycles. The molecule has 2 rings (SSSR count). The highest BCUT2D eigenvalue weighted by Crippen LogP contribution is 2.43. The van der Waals surface area contributed by atoms with Crippen LogP contribution in [0.15, 0.2) is 0 Å². The van der Waals surface area contributed by atoms with Gasteiger partial charge in [0.25, 0.3) is 0 Å². The summed E-state index contributed by atoms with van der Waals surface area (Å²) in [7, 11) is 0. The number of aliphatic hydroxyl groups is 1. The number of aliphatic hydroxyl groups excluding tert-OH is 1. The van der Waals surface area contributed by atoms with Crippen LogP contribution in [0.2, 0.25) is 0 Å². The van der Waals surface area contributed by atoms with Gasteiger partial charge in [-0.25, -0.2) is 0 Å². The van der Waals surface area contributed by atoms with Gasteiger partial charge < -0.3 is 5.11 Å². The van der Waals surface area contributed by atoms with E-state index in [0.29, 0.717) is 12.6 Å². The second-order valence-corrected chi connectivity index (χ2v) is 5.24. The van der Waals surface area contributed by atoms with E-state index >= 15 is 0 Å². The van der Waals surface area contributed by atoms with Crippen LogP contribution in [0.5, 0.6) is 0 Å². The van der Waals surface area contributed by atoms with Crippen molar-refractivity contribution in [2.45, 2.75) is 63.4 Å². The fourth-order valence-electron chi connectivity index (χ4n) is 3.04. The molecular formula is C12H20F3NO. The van der Waals surface area contributed by atoms with Crippen molar-refractivity contribution in [1.29, 1.82) is 0 Å². The lowest BCUT2D eigenvalue weighted by molar-refractivity contribution is -0.205. The average Bonchev–Trinajstić information content (AvgIpc) is 3.01. The fourth-order valence-corrected chi connectivity index (χ4v) is 3.04. The number of nitrogens with zero attached hydrogens (tertiary/aromatic N) is 1. The predicted molar refractivity (Wildman–Crippen MR) is 58.6 cm³/mol. The molecule has 100 valence electrons. The second-order valence-electron chi connectivity index (χ2n) is 5.24. The summed E-state index contributed by atoms with van der Waals surface area (Å²) in [6.07, 6.45) is -2.06. The molecule has 1 N–H and O–H groups in total. The molecule has 3 unspecified atom stereocenters. The van der Waals surface area contributed by atoms with Crippen LogP contribution in [0.4, 0.5) is 13.2 Å². The molecule has 2 aliphatic rings. The Balaban J connectivity index is 2.12. The minimum atomic E-state index is -4.13. The molecule has 2 nitrogen and oxygen atoms in total. The van der Waals surface area contributed by atoms with E-state index in [9.17, 15) is 18.3 Å². The molecule has 0 spiro atoms. The highest BCUT2D eigenvalue weighted by Gasteiger charge is 2.50. The zero-order chi connectivity index (χ0) is 12.6. The third-order valence-electron chi connectivity index (χ3n) is 4.02. The lowest BCUT2D eigenvalue weighted by Gasteiger charge is -2.42. The smallest absolute Gasteiger partial charge is 0.393 e. The summed E-state index contributed by atoms with van der Waals surface area (Å²) in [4.78, 5) is 1.96. The molecule has 0 heterocycles. The average molecular weight is 251 g/mol. The molecule has 0 aliphatic heterocycles. The van der Waals surface area contributed by atoms with Crippen LogP contribution in [0, 0.1) is 5.92 Å². The van der Waals surface area contributed by atoms with E-state index in [0.717, 1.165) is 12.8 Å². The van der Waals surface area contributed by atoms with Crippen LogP contribution < -0.4 is 0 Å². The Hall–Kier alpha value is -0.290. The predicted octanol–water partition coefficient (Wildman–Crippen LogP) is 2.56. The first-order valence-corrected chi connectivity index (χ1v) is 6.44. The van der Waals surface area contributed by atoms with E-state index in [4.69, 9.17) is 0 Å². The maximum absolute atomic E-state index is 13.0. The van der Waals surface area contributed by atoms with E-state index in [1.165, 1.54) is 0 Å². The lowest BCUT2D eigenvalue weighted by atomic mass is 9.81. The van der Waals surface area contributed by atoms with E-state index < -0.39 is 24.2 Å². The number of rotatable bonds is 3. The first-order valence-electron chi connectivity index (χ1n) is 6.44. The number of hydrogen-bond donors (Lipinski definition) is 1. The van der Waals surface area contributed by atoms with Crippen molar-refractivity contribution in [2.24, 2.45) is 5.92 Å². The molecule has 5 heteroatoms. The molecule has 0 aromatic rings. The summed E-state index contributed by atoms with van der Waals surface area (Å²) in [5.41, 5.74) is 0. The van der Waals surface area contributed by atoms with Gasteiger partial charge in [0.2, 0.25) is 0 Å². The van der Waals surface area contributed by atoms with Crippen molar-refractivity contribution in [1.82, 2.24) is 4.90 Å². The summed E-state index contributed by atoms with van der Waals surface area (Å²) in [5, 5.41) is 9.62. The standard InChI is InChI=1S/C12H20F3NO/c1-2-16(8-3-4-8)11-7-9(17)5-6-10(11)12(13,14)15/h8-11,17H,2-7H2,1H3. The van der Waals surface area contributed by atoms with Crippen molar-refractivity contribution in [2.75, 3.05) is 6.54 Å². The summed E-state index contributed by atoms with van der Waals surface area (Å²) in [6.45, 7) is 2.56. The van der Waals surface area contributed by atoms with E-state index in [-0.39, 0.29) is 19.3 Å². The van der Waals surface area contributed by atoms with Crippen LogP contribution in [0.3, 0.4) is 0 Å². The third kappa shape index (κ3) is 2.94. The second kappa shape index (κ2) is 4.76. The summed E-state index contributed by atoms with van der Waals surface area (Å²) >= 11 is 0. The molecule has 0 radical (unpaired) electrons. The minimum Gasteiger partial charge on any atom is -0.393 e. The van der Waals surface area contributed by atoms with E-state index in [1.807, 2.05) is 11.8 Å². The van der Waals surface area contributed by atoms with Gasteiger partial charge in [0.1, 0.15) is 0 Å². The molecule has 0 amide bonds. The van der Waals surface area contributed by atoms with Crippen molar-refractivity contribution < 1.29 is 18.3 Å². The molecule has 2 fully saturated rings. The van der Waals surface area contributed by atoms with Gasteiger partial charge in [-0.1, -0.05) is 6.92 Å². The van der Waals surface area contributed by atoms with Crippen molar-refractivity contribution in [3.05, 3.63) is 0 Å².